The molecule has 0 spiro atoms. The maximum Gasteiger partial charge on any atom is 0.218 e. The molecule has 1 rings (SSSR count). The molecule has 0 radical (unpaired) electrons. The molecule has 4 nitrogen and oxygen atoms in total. The average molecular weight is 122 g/mol. The van der Waals surface area contributed by atoms with Gasteiger partial charge in [-0.05, 0) is 0 Å². The van der Waals surface area contributed by atoms with Gasteiger partial charge in [0.25, 0.3) is 0 Å². The topological polar surface area (TPSA) is 63.2 Å². The molecule has 1 N–H and O–H groups in total. The normalized spacial score (nSPS) is 7.43. The lowest BCUT2D eigenvalue weighted by Gasteiger charge is -1.74. The zero-order valence-electron chi connectivity index (χ0n) is 3.22. The van der Waals surface area contributed by atoms with Gasteiger partial charge in [0.05, 0.1) is 5.27 Å². The Balaban J connectivity index is 0.000000360. The molecule has 0 saturated heterocycles. The fourth-order valence-electron chi connectivity index (χ4n) is 0.177. The minimum absolute atomic E-state index is 0. The Kier molecular flexibility index (Phi) is 2.15. The summed E-state index contributed by atoms with van der Waals surface area (Å²) >= 11 is 0. The van der Waals surface area contributed by atoms with Crippen molar-refractivity contribution >= 4 is 0 Å². The first-order valence-electron chi connectivity index (χ1n) is 1.39. The summed E-state index contributed by atoms with van der Waals surface area (Å²) in [5, 5.41) is 15.0. The molecular formula is C2H2ClN2O2-. The van der Waals surface area contributed by atoms with Gasteiger partial charge < -0.3 is 22.0 Å². The van der Waals surface area contributed by atoms with Crippen molar-refractivity contribution in [3.63, 3.8) is 0 Å². The van der Waals surface area contributed by atoms with Crippen LogP contribution in [0, 0.1) is 0 Å². The fraction of sp³-hybridized carbons (Fsp3) is 0. The molecule has 1 aromatic rings. The number of nitrogens with one attached hydrogen (secondary N) is 1. The van der Waals surface area contributed by atoms with Gasteiger partial charge in [0.2, 0.25) is 6.20 Å². The lowest BCUT2D eigenvalue weighted by atomic mass is 10.9. The largest absolute Gasteiger partial charge is 1.00 e. The number of halogens is 1. The van der Waals surface area contributed by atoms with Crippen LogP contribution in [0.3, 0.4) is 0 Å². The van der Waals surface area contributed by atoms with Crippen LogP contribution in [0.1, 0.15) is 0 Å². The highest BCUT2D eigenvalue weighted by Gasteiger charge is 1.77. The van der Waals surface area contributed by atoms with Crippen molar-refractivity contribution in [3.05, 3.63) is 6.20 Å². The summed E-state index contributed by atoms with van der Waals surface area (Å²) in [7, 11) is 0. The molecule has 0 bridgehead atoms. The summed E-state index contributed by atoms with van der Waals surface area (Å²) in [6.45, 7) is 0. The van der Waals surface area contributed by atoms with Crippen LogP contribution in [-0.2, 0) is 0 Å². The van der Waals surface area contributed by atoms with Crippen LogP contribution < -0.4 is 22.6 Å². The van der Waals surface area contributed by atoms with E-state index in [1.165, 1.54) is 0 Å². The maximum atomic E-state index is 9.81. The van der Waals surface area contributed by atoms with E-state index in [9.17, 15) is 5.11 Å². The first kappa shape index (κ1) is 6.23. The second-order valence-electron chi connectivity index (χ2n) is 0.775. The van der Waals surface area contributed by atoms with E-state index in [-0.39, 0.29) is 12.4 Å². The zero-order chi connectivity index (χ0) is 4.41. The van der Waals surface area contributed by atoms with E-state index in [0.29, 0.717) is 0 Å². The van der Waals surface area contributed by atoms with Gasteiger partial charge in [-0.2, -0.15) is 0 Å². The molecule has 0 aliphatic carbocycles. The predicted molar refractivity (Wildman–Crippen MR) is 12.5 cm³/mol. The van der Waals surface area contributed by atoms with Crippen LogP contribution in [0.4, 0.5) is 0 Å². The number of nitrogens with zero attached hydrogens (tertiary/aromatic N) is 1. The van der Waals surface area contributed by atoms with Gasteiger partial charge in [0.15, 0.2) is 0 Å². The van der Waals surface area contributed by atoms with Crippen LogP contribution in [0.2, 0.25) is 0 Å². The predicted octanol–water partition coefficient (Wildman–Crippen LogP) is -4.43. The van der Waals surface area contributed by atoms with Gasteiger partial charge in [-0.3, -0.25) is 0 Å². The van der Waals surface area contributed by atoms with Crippen molar-refractivity contribution in [3.8, 4) is 5.95 Å². The van der Waals surface area contributed by atoms with Crippen molar-refractivity contribution in [1.82, 2.24) is 5.27 Å². The number of rotatable bonds is 0. The third-order valence-corrected chi connectivity index (χ3v) is 0.371. The lowest BCUT2D eigenvalue weighted by molar-refractivity contribution is -0.471. The number of hydrogen-bond donors (Lipinski definition) is 0. The first-order valence-corrected chi connectivity index (χ1v) is 1.39. The van der Waals surface area contributed by atoms with Crippen LogP contribution in [0.5, 0.6) is 5.95 Å². The number of aromatic nitrogens is 2. The Morgan fingerprint density at radius 1 is 1.86 bits per heavy atom. The van der Waals surface area contributed by atoms with E-state index in [2.05, 4.69) is 14.9 Å². The second kappa shape index (κ2) is 2.41. The molecule has 0 aliphatic heterocycles. The Hall–Kier alpha value is -0.770. The highest BCUT2D eigenvalue weighted by Crippen LogP contribution is 1.87. The quantitative estimate of drug-likeness (QED) is 0.348. The Bertz CT molecular complexity index is 117. The van der Waals surface area contributed by atoms with E-state index in [0.717, 1.165) is 6.20 Å². The molecule has 0 atom stereocenters. The van der Waals surface area contributed by atoms with Crippen molar-refractivity contribution in [2.24, 2.45) is 0 Å². The lowest BCUT2D eigenvalue weighted by Crippen LogP contribution is -3.00. The van der Waals surface area contributed by atoms with Crippen LogP contribution in [0.25, 0.3) is 0 Å². The highest BCUT2D eigenvalue weighted by atomic mass is 35.5. The Morgan fingerprint density at radius 2 is 2.57 bits per heavy atom. The van der Waals surface area contributed by atoms with Crippen molar-refractivity contribution in [2.75, 3.05) is 0 Å². The maximum absolute atomic E-state index is 9.81. The van der Waals surface area contributed by atoms with Crippen molar-refractivity contribution < 1.29 is 27.1 Å². The van der Waals surface area contributed by atoms with E-state index in [1.807, 2.05) is 0 Å². The summed E-state index contributed by atoms with van der Waals surface area (Å²) in [4.78, 5) is 0. The summed E-state index contributed by atoms with van der Waals surface area (Å²) in [5.41, 5.74) is 0. The van der Waals surface area contributed by atoms with Crippen LogP contribution in [-0.4, -0.2) is 5.27 Å². The first-order chi connectivity index (χ1) is 2.89. The van der Waals surface area contributed by atoms with Gasteiger partial charge >= 0.3 is 0 Å². The van der Waals surface area contributed by atoms with Gasteiger partial charge in [-0.15, -0.1) is 0 Å². The molecule has 1 heterocycles. The highest BCUT2D eigenvalue weighted by molar-refractivity contribution is 4.79. The van der Waals surface area contributed by atoms with Gasteiger partial charge in [-0.1, -0.05) is 5.10 Å². The number of aromatic amines is 1. The van der Waals surface area contributed by atoms with Gasteiger partial charge in [0, 0.05) is 0 Å². The molecular weight excluding hydrogens is 119 g/mol. The third kappa shape index (κ3) is 1.41. The van der Waals surface area contributed by atoms with Crippen molar-refractivity contribution in [1.29, 1.82) is 0 Å². The number of H-pyrrole nitrogens is 1. The molecule has 0 aromatic carbocycles. The van der Waals surface area contributed by atoms with E-state index in [1.54, 1.807) is 0 Å². The molecule has 0 unspecified atom stereocenters. The Morgan fingerprint density at radius 3 is 2.71 bits per heavy atom. The summed E-state index contributed by atoms with van der Waals surface area (Å²) in [6.07, 6.45) is 1.12. The SMILES string of the molecule is [Cl-].[O-]c1c[nH+]no1. The van der Waals surface area contributed by atoms with Crippen LogP contribution in [0.15, 0.2) is 10.7 Å². The molecule has 0 aliphatic rings. The van der Waals surface area contributed by atoms with E-state index >= 15 is 0 Å². The van der Waals surface area contributed by atoms with Gasteiger partial charge in [0.1, 0.15) is 5.95 Å². The molecule has 40 valence electrons. The Labute approximate surface area is 45.5 Å². The zero-order valence-corrected chi connectivity index (χ0v) is 3.97. The van der Waals surface area contributed by atoms with Gasteiger partial charge in [-0.25, -0.2) is 0 Å². The van der Waals surface area contributed by atoms with E-state index < -0.39 is 5.95 Å². The van der Waals surface area contributed by atoms with Crippen LogP contribution >= 0.6 is 0 Å². The minimum atomic E-state index is -0.449. The monoisotopic (exact) mass is 121 g/mol. The summed E-state index contributed by atoms with van der Waals surface area (Å²) in [5.74, 6) is -0.449. The number of hydrogen-bond acceptors (Lipinski definition) is 3. The third-order valence-electron chi connectivity index (χ3n) is 0.371. The smallest absolute Gasteiger partial charge is 0.218 e. The van der Waals surface area contributed by atoms with Crippen molar-refractivity contribution in [2.45, 2.75) is 0 Å². The fourth-order valence-corrected chi connectivity index (χ4v) is 0.177. The molecule has 7 heavy (non-hydrogen) atoms. The molecule has 0 fully saturated rings. The summed E-state index contributed by atoms with van der Waals surface area (Å²) < 4.78 is 3.97. The molecule has 0 saturated carbocycles. The standard InChI is InChI=1S/C2H2N2O2.ClH/c5-2-1-3-4-6-2;/h1,5H;1H/p-1. The average Bonchev–Trinajstić information content (AvgIpc) is 1.86. The molecule has 5 heteroatoms. The summed E-state index contributed by atoms with van der Waals surface area (Å²) in [6, 6.07) is 0. The second-order valence-corrected chi connectivity index (χ2v) is 0.775. The molecule has 0 amide bonds. The molecule has 1 aromatic heterocycles. The van der Waals surface area contributed by atoms with E-state index in [4.69, 9.17) is 0 Å². The minimum Gasteiger partial charge on any atom is -1.00 e.